The van der Waals surface area contributed by atoms with Gasteiger partial charge in [-0.15, -0.1) is 0 Å². The fraction of sp³-hybridized carbons (Fsp3) is 0.500. The van der Waals surface area contributed by atoms with Crippen LogP contribution >= 0.6 is 0 Å². The zero-order valence-electron chi connectivity index (χ0n) is 14.5. The maximum atomic E-state index is 12.1. The Bertz CT molecular complexity index is 597. The zero-order valence-corrected chi connectivity index (χ0v) is 14.5. The third kappa shape index (κ3) is 4.81. The summed E-state index contributed by atoms with van der Waals surface area (Å²) in [5, 5.41) is 2.76. The average molecular weight is 331 g/mol. The maximum Gasteiger partial charge on any atom is 0.233 e. The van der Waals surface area contributed by atoms with Gasteiger partial charge in [-0.05, 0) is 23.1 Å². The summed E-state index contributed by atoms with van der Waals surface area (Å²) in [5.74, 6) is -0.523. The molecule has 2 rings (SSSR count). The van der Waals surface area contributed by atoms with Crippen molar-refractivity contribution in [1.82, 2.24) is 9.80 Å². The van der Waals surface area contributed by atoms with Crippen molar-refractivity contribution in [3.63, 3.8) is 0 Å². The maximum absolute atomic E-state index is 12.1. The lowest BCUT2D eigenvalue weighted by atomic mass is 9.87. The van der Waals surface area contributed by atoms with Gasteiger partial charge in [-0.2, -0.15) is 0 Å². The van der Waals surface area contributed by atoms with E-state index in [0.717, 1.165) is 6.41 Å². The minimum absolute atomic E-state index is 0.0577. The van der Waals surface area contributed by atoms with Gasteiger partial charge < -0.3 is 15.1 Å². The average Bonchev–Trinajstić information content (AvgIpc) is 2.54. The lowest BCUT2D eigenvalue weighted by molar-refractivity contribution is -0.137. The lowest BCUT2D eigenvalue weighted by Crippen LogP contribution is -2.48. The Labute approximate surface area is 142 Å². The number of carbonyl (C=O) groups is 3. The van der Waals surface area contributed by atoms with Gasteiger partial charge in [0.25, 0.3) is 0 Å². The third-order valence-corrected chi connectivity index (χ3v) is 4.16. The van der Waals surface area contributed by atoms with Crippen LogP contribution in [0.4, 0.5) is 5.69 Å². The molecule has 1 aromatic rings. The van der Waals surface area contributed by atoms with E-state index in [0.29, 0.717) is 31.9 Å². The van der Waals surface area contributed by atoms with Crippen LogP contribution in [0.25, 0.3) is 0 Å². The van der Waals surface area contributed by atoms with E-state index in [2.05, 4.69) is 26.1 Å². The predicted molar refractivity (Wildman–Crippen MR) is 92.6 cm³/mol. The molecular formula is C18H25N3O3. The molecule has 1 N–H and O–H groups in total. The van der Waals surface area contributed by atoms with Gasteiger partial charge in [0.2, 0.25) is 18.2 Å². The topological polar surface area (TPSA) is 69.7 Å². The molecule has 3 amide bonds. The first-order valence-corrected chi connectivity index (χ1v) is 8.17. The van der Waals surface area contributed by atoms with Crippen molar-refractivity contribution in [1.29, 1.82) is 0 Å². The van der Waals surface area contributed by atoms with E-state index in [1.807, 2.05) is 24.3 Å². The molecule has 0 unspecified atom stereocenters. The van der Waals surface area contributed by atoms with Gasteiger partial charge in [-0.1, -0.05) is 32.9 Å². The van der Waals surface area contributed by atoms with E-state index >= 15 is 0 Å². The third-order valence-electron chi connectivity index (χ3n) is 4.16. The summed E-state index contributed by atoms with van der Waals surface area (Å²) in [6, 6.07) is 7.67. The highest BCUT2D eigenvalue weighted by Gasteiger charge is 2.22. The second-order valence-electron chi connectivity index (χ2n) is 7.07. The molecule has 0 atom stereocenters. The quantitative estimate of drug-likeness (QED) is 0.673. The fourth-order valence-corrected chi connectivity index (χ4v) is 2.58. The van der Waals surface area contributed by atoms with Crippen LogP contribution < -0.4 is 5.32 Å². The first-order valence-electron chi connectivity index (χ1n) is 8.17. The summed E-state index contributed by atoms with van der Waals surface area (Å²) in [6.07, 6.45) is 0.609. The lowest BCUT2D eigenvalue weighted by Gasteiger charge is -2.32. The van der Waals surface area contributed by atoms with E-state index in [9.17, 15) is 14.4 Å². The van der Waals surface area contributed by atoms with Gasteiger partial charge >= 0.3 is 0 Å². The van der Waals surface area contributed by atoms with E-state index < -0.39 is 0 Å². The SMILES string of the molecule is CC(C)(C)c1ccc(NC(=O)CC(=O)N2CCN(C=O)CC2)cc1. The summed E-state index contributed by atoms with van der Waals surface area (Å²) in [6.45, 7) is 8.38. The molecule has 0 aliphatic carbocycles. The van der Waals surface area contributed by atoms with Crippen LogP contribution in [0.15, 0.2) is 24.3 Å². The second kappa shape index (κ2) is 7.47. The zero-order chi connectivity index (χ0) is 17.7. The molecule has 1 fully saturated rings. The normalized spacial score (nSPS) is 15.1. The molecule has 0 bridgehead atoms. The first kappa shape index (κ1) is 18.0. The first-order chi connectivity index (χ1) is 11.3. The van der Waals surface area contributed by atoms with Crippen molar-refractivity contribution in [2.24, 2.45) is 0 Å². The largest absolute Gasteiger partial charge is 0.342 e. The van der Waals surface area contributed by atoms with Crippen LogP contribution in [0.5, 0.6) is 0 Å². The fourth-order valence-electron chi connectivity index (χ4n) is 2.58. The highest BCUT2D eigenvalue weighted by atomic mass is 16.2. The predicted octanol–water partition coefficient (Wildman–Crippen LogP) is 1.61. The number of hydrogen-bond acceptors (Lipinski definition) is 3. The van der Waals surface area contributed by atoms with Gasteiger partial charge in [0.15, 0.2) is 0 Å². The Hall–Kier alpha value is -2.37. The summed E-state index contributed by atoms with van der Waals surface area (Å²) in [5.41, 5.74) is 1.93. The number of nitrogens with zero attached hydrogens (tertiary/aromatic N) is 2. The Morgan fingerprint density at radius 1 is 1.08 bits per heavy atom. The van der Waals surface area contributed by atoms with Gasteiger partial charge in [0.1, 0.15) is 6.42 Å². The monoisotopic (exact) mass is 331 g/mol. The van der Waals surface area contributed by atoms with Crippen LogP contribution in [0.3, 0.4) is 0 Å². The molecule has 24 heavy (non-hydrogen) atoms. The minimum Gasteiger partial charge on any atom is -0.342 e. The number of amides is 3. The Kier molecular flexibility index (Phi) is 5.59. The van der Waals surface area contributed by atoms with Crippen LogP contribution in [0.2, 0.25) is 0 Å². The Morgan fingerprint density at radius 2 is 1.67 bits per heavy atom. The van der Waals surface area contributed by atoms with Crippen molar-refractivity contribution in [2.45, 2.75) is 32.6 Å². The number of piperazine rings is 1. The molecule has 1 heterocycles. The second-order valence-corrected chi connectivity index (χ2v) is 7.07. The summed E-state index contributed by atoms with van der Waals surface area (Å²) in [7, 11) is 0. The number of hydrogen-bond donors (Lipinski definition) is 1. The van der Waals surface area contributed by atoms with Crippen LogP contribution in [0, 0.1) is 0 Å². The van der Waals surface area contributed by atoms with Crippen LogP contribution in [-0.4, -0.2) is 54.2 Å². The van der Waals surface area contributed by atoms with Crippen molar-refractivity contribution in [3.05, 3.63) is 29.8 Å². The number of anilines is 1. The highest BCUT2D eigenvalue weighted by Crippen LogP contribution is 2.23. The van der Waals surface area contributed by atoms with Gasteiger partial charge in [-0.3, -0.25) is 14.4 Å². The molecular weight excluding hydrogens is 306 g/mol. The number of benzene rings is 1. The van der Waals surface area contributed by atoms with E-state index in [1.165, 1.54) is 5.56 Å². The minimum atomic E-state index is -0.318. The van der Waals surface area contributed by atoms with Crippen molar-refractivity contribution in [3.8, 4) is 0 Å². The summed E-state index contributed by atoms with van der Waals surface area (Å²) >= 11 is 0. The van der Waals surface area contributed by atoms with E-state index in [-0.39, 0.29) is 23.7 Å². The van der Waals surface area contributed by atoms with Crippen molar-refractivity contribution in [2.75, 3.05) is 31.5 Å². The standard InChI is InChI=1S/C18H25N3O3/c1-18(2,3)14-4-6-15(7-5-14)19-16(23)12-17(24)21-10-8-20(13-22)9-11-21/h4-7,13H,8-12H2,1-3H3,(H,19,23). The summed E-state index contributed by atoms with van der Waals surface area (Å²) in [4.78, 5) is 38.1. The molecule has 1 aromatic carbocycles. The molecule has 1 aliphatic heterocycles. The van der Waals surface area contributed by atoms with Gasteiger partial charge in [0.05, 0.1) is 0 Å². The number of nitrogens with one attached hydrogen (secondary N) is 1. The van der Waals surface area contributed by atoms with Crippen molar-refractivity contribution < 1.29 is 14.4 Å². The van der Waals surface area contributed by atoms with Gasteiger partial charge in [0, 0.05) is 31.9 Å². The molecule has 6 heteroatoms. The molecule has 1 aliphatic rings. The molecule has 0 spiro atoms. The van der Waals surface area contributed by atoms with Crippen molar-refractivity contribution >= 4 is 23.9 Å². The molecule has 1 saturated heterocycles. The number of rotatable bonds is 4. The smallest absolute Gasteiger partial charge is 0.233 e. The van der Waals surface area contributed by atoms with Gasteiger partial charge in [-0.25, -0.2) is 0 Å². The van der Waals surface area contributed by atoms with Crippen LogP contribution in [0.1, 0.15) is 32.8 Å². The Morgan fingerprint density at radius 3 is 2.17 bits per heavy atom. The number of carbonyl (C=O) groups excluding carboxylic acids is 3. The molecule has 0 aromatic heterocycles. The summed E-state index contributed by atoms with van der Waals surface area (Å²) < 4.78 is 0. The molecule has 130 valence electrons. The van der Waals surface area contributed by atoms with Crippen LogP contribution in [-0.2, 0) is 19.8 Å². The molecule has 0 radical (unpaired) electrons. The highest BCUT2D eigenvalue weighted by molar-refractivity contribution is 6.03. The molecule has 0 saturated carbocycles. The Balaban J connectivity index is 1.84. The molecule has 6 nitrogen and oxygen atoms in total. The van der Waals surface area contributed by atoms with E-state index in [1.54, 1.807) is 9.80 Å². The van der Waals surface area contributed by atoms with E-state index in [4.69, 9.17) is 0 Å².